The predicted molar refractivity (Wildman–Crippen MR) is 65.2 cm³/mol. The minimum Gasteiger partial charge on any atom is -0.490 e. The molecule has 0 bridgehead atoms. The Morgan fingerprint density at radius 1 is 1.27 bits per heavy atom. The molecule has 0 unspecified atom stereocenters. The van der Waals surface area contributed by atoms with Gasteiger partial charge >= 0.3 is 0 Å². The molecule has 0 spiro atoms. The Morgan fingerprint density at radius 2 is 2.00 bits per heavy atom. The van der Waals surface area contributed by atoms with Crippen molar-refractivity contribution in [2.45, 2.75) is 18.9 Å². The third kappa shape index (κ3) is 3.90. The number of hydrogen-bond donors (Lipinski definition) is 1. The third-order valence-electron chi connectivity index (χ3n) is 2.39. The number of benzene rings is 1. The Labute approximate surface area is 101 Å². The van der Waals surface area contributed by atoms with E-state index >= 15 is 0 Å². The van der Waals surface area contributed by atoms with Gasteiger partial charge in [0.2, 0.25) is 0 Å². The number of piperidine rings is 1. The van der Waals surface area contributed by atoms with Crippen LogP contribution < -0.4 is 10.1 Å². The topological polar surface area (TPSA) is 21.3 Å². The van der Waals surface area contributed by atoms with Crippen molar-refractivity contribution in [3.8, 4) is 5.75 Å². The molecule has 0 radical (unpaired) electrons. The van der Waals surface area contributed by atoms with Crippen molar-refractivity contribution in [2.24, 2.45) is 0 Å². The summed E-state index contributed by atoms with van der Waals surface area (Å²) in [6.45, 7) is 2.09. The highest BCUT2D eigenvalue weighted by atomic mass is 35.5. The van der Waals surface area contributed by atoms with E-state index in [1.807, 2.05) is 24.3 Å². The molecule has 1 aliphatic heterocycles. The van der Waals surface area contributed by atoms with Gasteiger partial charge in [-0.25, -0.2) is 0 Å². The quantitative estimate of drug-likeness (QED) is 0.868. The number of hydrogen-bond acceptors (Lipinski definition) is 2. The van der Waals surface area contributed by atoms with Gasteiger partial charge in [0.15, 0.2) is 0 Å². The second-order valence-corrected chi connectivity index (χ2v) is 3.96. The highest BCUT2D eigenvalue weighted by Crippen LogP contribution is 2.20. The van der Waals surface area contributed by atoms with Gasteiger partial charge in [0.25, 0.3) is 0 Å². The highest BCUT2D eigenvalue weighted by Gasteiger charge is 2.14. The molecule has 15 heavy (non-hydrogen) atoms. The van der Waals surface area contributed by atoms with Gasteiger partial charge in [-0.2, -0.15) is 0 Å². The van der Waals surface area contributed by atoms with Gasteiger partial charge in [-0.15, -0.1) is 12.4 Å². The minimum absolute atomic E-state index is 0. The lowest BCUT2D eigenvalue weighted by Gasteiger charge is -2.23. The van der Waals surface area contributed by atoms with E-state index in [0.717, 1.165) is 36.7 Å². The molecule has 2 rings (SSSR count). The van der Waals surface area contributed by atoms with Crippen molar-refractivity contribution in [1.29, 1.82) is 0 Å². The Hall–Kier alpha value is -0.440. The first kappa shape index (κ1) is 12.6. The zero-order chi connectivity index (χ0) is 9.80. The van der Waals surface area contributed by atoms with Crippen LogP contribution in [0.15, 0.2) is 24.3 Å². The maximum atomic E-state index is 5.87. The molecule has 84 valence electrons. The van der Waals surface area contributed by atoms with Crippen LogP contribution in [-0.4, -0.2) is 19.2 Å². The van der Waals surface area contributed by atoms with Crippen LogP contribution in [0, 0.1) is 0 Å². The summed E-state index contributed by atoms with van der Waals surface area (Å²) in [7, 11) is 0. The Morgan fingerprint density at radius 3 is 2.67 bits per heavy atom. The number of ether oxygens (including phenoxy) is 1. The van der Waals surface area contributed by atoms with Gasteiger partial charge in [0.05, 0.1) is 0 Å². The first-order valence-corrected chi connectivity index (χ1v) is 5.35. The lowest BCUT2D eigenvalue weighted by atomic mass is 10.1. The van der Waals surface area contributed by atoms with Crippen LogP contribution in [0.1, 0.15) is 12.8 Å². The fraction of sp³-hybridized carbons (Fsp3) is 0.455. The van der Waals surface area contributed by atoms with Crippen LogP contribution >= 0.6 is 24.0 Å². The second-order valence-electron chi connectivity index (χ2n) is 3.52. The summed E-state index contributed by atoms with van der Waals surface area (Å²) in [5.41, 5.74) is 0. The van der Waals surface area contributed by atoms with Crippen molar-refractivity contribution in [3.63, 3.8) is 0 Å². The molecule has 4 heteroatoms. The molecule has 1 N–H and O–H groups in total. The van der Waals surface area contributed by atoms with E-state index in [2.05, 4.69) is 5.32 Å². The third-order valence-corrected chi connectivity index (χ3v) is 2.62. The van der Waals surface area contributed by atoms with Crippen LogP contribution in [0.5, 0.6) is 5.75 Å². The molecule has 0 atom stereocenters. The van der Waals surface area contributed by atoms with Crippen LogP contribution in [-0.2, 0) is 0 Å². The average Bonchev–Trinajstić information content (AvgIpc) is 2.19. The monoisotopic (exact) mass is 247 g/mol. The van der Waals surface area contributed by atoms with E-state index in [0.29, 0.717) is 6.10 Å². The summed E-state index contributed by atoms with van der Waals surface area (Å²) in [5, 5.41) is 4.04. The fourth-order valence-electron chi connectivity index (χ4n) is 1.65. The fourth-order valence-corrected chi connectivity index (χ4v) is 1.83. The average molecular weight is 248 g/mol. The summed E-state index contributed by atoms with van der Waals surface area (Å²) in [4.78, 5) is 0. The Kier molecular flexibility index (Phi) is 5.23. The van der Waals surface area contributed by atoms with E-state index in [9.17, 15) is 0 Å². The molecule has 1 aliphatic rings. The summed E-state index contributed by atoms with van der Waals surface area (Å²) in [5.74, 6) is 0.879. The summed E-state index contributed by atoms with van der Waals surface area (Å²) in [6.07, 6.45) is 2.49. The molecule has 2 nitrogen and oxygen atoms in total. The zero-order valence-corrected chi connectivity index (χ0v) is 9.98. The molecule has 0 amide bonds. The van der Waals surface area contributed by atoms with Gasteiger partial charge < -0.3 is 10.1 Å². The maximum Gasteiger partial charge on any atom is 0.121 e. The molecular formula is C11H15Cl2NO. The van der Waals surface area contributed by atoms with Crippen molar-refractivity contribution in [3.05, 3.63) is 29.3 Å². The number of rotatable bonds is 2. The van der Waals surface area contributed by atoms with Crippen molar-refractivity contribution >= 4 is 24.0 Å². The van der Waals surface area contributed by atoms with E-state index in [-0.39, 0.29) is 12.4 Å². The largest absolute Gasteiger partial charge is 0.490 e. The Balaban J connectivity index is 0.00000112. The molecule has 1 fully saturated rings. The molecule has 0 aliphatic carbocycles. The normalized spacial score (nSPS) is 16.9. The van der Waals surface area contributed by atoms with E-state index in [1.54, 1.807) is 0 Å². The van der Waals surface area contributed by atoms with Crippen LogP contribution in [0.4, 0.5) is 0 Å². The molecular weight excluding hydrogens is 233 g/mol. The zero-order valence-electron chi connectivity index (χ0n) is 8.41. The van der Waals surface area contributed by atoms with Crippen LogP contribution in [0.2, 0.25) is 5.02 Å². The van der Waals surface area contributed by atoms with Crippen LogP contribution in [0.3, 0.4) is 0 Å². The summed E-state index contributed by atoms with van der Waals surface area (Å²) in [6, 6.07) is 7.59. The SMILES string of the molecule is Cl.Clc1cccc(OC2CCNCC2)c1. The molecule has 0 saturated carbocycles. The van der Waals surface area contributed by atoms with E-state index in [4.69, 9.17) is 16.3 Å². The molecule has 0 aromatic heterocycles. The first-order chi connectivity index (χ1) is 6.84. The molecule has 1 aromatic carbocycles. The lowest BCUT2D eigenvalue weighted by Crippen LogP contribution is -2.34. The van der Waals surface area contributed by atoms with Crippen LogP contribution in [0.25, 0.3) is 0 Å². The highest BCUT2D eigenvalue weighted by molar-refractivity contribution is 6.30. The van der Waals surface area contributed by atoms with E-state index < -0.39 is 0 Å². The van der Waals surface area contributed by atoms with Gasteiger partial charge in [-0.3, -0.25) is 0 Å². The van der Waals surface area contributed by atoms with Gasteiger partial charge in [-0.05, 0) is 44.1 Å². The summed E-state index contributed by atoms with van der Waals surface area (Å²) >= 11 is 5.87. The van der Waals surface area contributed by atoms with Crippen molar-refractivity contribution in [1.82, 2.24) is 5.32 Å². The van der Waals surface area contributed by atoms with Crippen molar-refractivity contribution in [2.75, 3.05) is 13.1 Å². The molecule has 1 heterocycles. The smallest absolute Gasteiger partial charge is 0.121 e. The Bertz CT molecular complexity index is 300. The van der Waals surface area contributed by atoms with Gasteiger partial charge in [-0.1, -0.05) is 17.7 Å². The molecule has 1 aromatic rings. The molecule has 1 saturated heterocycles. The maximum absolute atomic E-state index is 5.87. The first-order valence-electron chi connectivity index (χ1n) is 4.97. The van der Waals surface area contributed by atoms with Gasteiger partial charge in [0.1, 0.15) is 11.9 Å². The van der Waals surface area contributed by atoms with E-state index in [1.165, 1.54) is 0 Å². The number of nitrogens with one attached hydrogen (secondary N) is 1. The standard InChI is InChI=1S/C11H14ClNO.ClH/c12-9-2-1-3-11(8-9)14-10-4-6-13-7-5-10;/h1-3,8,10,13H,4-7H2;1H. The lowest BCUT2D eigenvalue weighted by molar-refractivity contribution is 0.162. The summed E-state index contributed by atoms with van der Waals surface area (Å²) < 4.78 is 5.81. The predicted octanol–water partition coefficient (Wildman–Crippen LogP) is 2.89. The van der Waals surface area contributed by atoms with Gasteiger partial charge in [0, 0.05) is 5.02 Å². The van der Waals surface area contributed by atoms with Crippen molar-refractivity contribution < 1.29 is 4.74 Å². The number of halogens is 2. The minimum atomic E-state index is 0. The second kappa shape index (κ2) is 6.21.